The number of amides is 1. The first kappa shape index (κ1) is 12.4. The number of anilines is 1. The van der Waals surface area contributed by atoms with Gasteiger partial charge in [-0.25, -0.2) is 4.98 Å². The first-order valence-electron chi connectivity index (χ1n) is 6.48. The standard InChI is InChI=1S/C16H14N2O2/c1-2-20-10-14-13-8-12(11-6-4-3-5-7-11)9-17-15(13)18-16(14)19/h3-10H,2H2,1H3,(H,17,18,19). The van der Waals surface area contributed by atoms with E-state index in [0.717, 1.165) is 16.7 Å². The maximum Gasteiger partial charge on any atom is 0.260 e. The summed E-state index contributed by atoms with van der Waals surface area (Å²) >= 11 is 0. The van der Waals surface area contributed by atoms with Gasteiger partial charge in [-0.05, 0) is 18.6 Å². The Hall–Kier alpha value is -2.62. The minimum Gasteiger partial charge on any atom is -0.501 e. The summed E-state index contributed by atoms with van der Waals surface area (Å²) in [7, 11) is 0. The Morgan fingerprint density at radius 3 is 2.80 bits per heavy atom. The zero-order chi connectivity index (χ0) is 13.9. The van der Waals surface area contributed by atoms with Gasteiger partial charge >= 0.3 is 0 Å². The average Bonchev–Trinajstić information content (AvgIpc) is 2.80. The smallest absolute Gasteiger partial charge is 0.260 e. The Morgan fingerprint density at radius 1 is 1.25 bits per heavy atom. The normalized spacial score (nSPS) is 15.1. The minimum absolute atomic E-state index is 0.175. The molecule has 0 aliphatic carbocycles. The summed E-state index contributed by atoms with van der Waals surface area (Å²) in [4.78, 5) is 16.2. The molecule has 0 spiro atoms. The number of hydrogen-bond donors (Lipinski definition) is 1. The predicted molar refractivity (Wildman–Crippen MR) is 77.9 cm³/mol. The van der Waals surface area contributed by atoms with Gasteiger partial charge in [-0.2, -0.15) is 0 Å². The fraction of sp³-hybridized carbons (Fsp3) is 0.125. The van der Waals surface area contributed by atoms with Gasteiger partial charge in [0, 0.05) is 17.3 Å². The van der Waals surface area contributed by atoms with Gasteiger partial charge in [0.15, 0.2) is 0 Å². The molecule has 20 heavy (non-hydrogen) atoms. The van der Waals surface area contributed by atoms with E-state index in [4.69, 9.17) is 4.74 Å². The molecule has 1 N–H and O–H groups in total. The van der Waals surface area contributed by atoms with Crippen LogP contribution in [0.2, 0.25) is 0 Å². The Balaban J connectivity index is 2.05. The van der Waals surface area contributed by atoms with E-state index in [1.807, 2.05) is 43.3 Å². The Bertz CT molecular complexity index is 678. The van der Waals surface area contributed by atoms with E-state index >= 15 is 0 Å². The summed E-state index contributed by atoms with van der Waals surface area (Å²) in [5.41, 5.74) is 3.35. The van der Waals surface area contributed by atoms with Gasteiger partial charge in [0.2, 0.25) is 0 Å². The second-order valence-corrected chi connectivity index (χ2v) is 4.43. The van der Waals surface area contributed by atoms with E-state index in [-0.39, 0.29) is 5.91 Å². The van der Waals surface area contributed by atoms with Crippen LogP contribution in [0.4, 0.5) is 5.82 Å². The molecule has 1 aromatic carbocycles. The molecule has 3 rings (SSSR count). The van der Waals surface area contributed by atoms with Crippen LogP contribution < -0.4 is 5.32 Å². The lowest BCUT2D eigenvalue weighted by Gasteiger charge is -2.04. The molecule has 0 saturated carbocycles. The van der Waals surface area contributed by atoms with Crippen LogP contribution in [0.1, 0.15) is 12.5 Å². The molecule has 2 heterocycles. The summed E-state index contributed by atoms with van der Waals surface area (Å²) in [5, 5.41) is 2.74. The highest BCUT2D eigenvalue weighted by Crippen LogP contribution is 2.33. The van der Waals surface area contributed by atoms with Gasteiger partial charge < -0.3 is 10.1 Å². The van der Waals surface area contributed by atoms with E-state index in [1.54, 1.807) is 6.20 Å². The van der Waals surface area contributed by atoms with Crippen molar-refractivity contribution >= 4 is 17.3 Å². The van der Waals surface area contributed by atoms with Gasteiger partial charge in [0.25, 0.3) is 5.91 Å². The summed E-state index contributed by atoms with van der Waals surface area (Å²) in [6.45, 7) is 2.40. The van der Waals surface area contributed by atoms with Crippen molar-refractivity contribution in [2.45, 2.75) is 6.92 Å². The molecule has 4 heteroatoms. The van der Waals surface area contributed by atoms with E-state index in [1.165, 1.54) is 6.26 Å². The second kappa shape index (κ2) is 5.17. The lowest BCUT2D eigenvalue weighted by Crippen LogP contribution is -2.04. The lowest BCUT2D eigenvalue weighted by atomic mass is 10.0. The first-order valence-corrected chi connectivity index (χ1v) is 6.48. The summed E-state index contributed by atoms with van der Waals surface area (Å²) in [6, 6.07) is 11.9. The van der Waals surface area contributed by atoms with E-state index in [9.17, 15) is 4.79 Å². The zero-order valence-electron chi connectivity index (χ0n) is 11.1. The number of fused-ring (bicyclic) bond motifs is 1. The third kappa shape index (κ3) is 2.16. The molecule has 0 unspecified atom stereocenters. The molecule has 4 nitrogen and oxygen atoms in total. The number of pyridine rings is 1. The summed E-state index contributed by atoms with van der Waals surface area (Å²) in [6.07, 6.45) is 3.26. The van der Waals surface area contributed by atoms with E-state index in [2.05, 4.69) is 10.3 Å². The Morgan fingerprint density at radius 2 is 2.05 bits per heavy atom. The largest absolute Gasteiger partial charge is 0.501 e. The minimum atomic E-state index is -0.175. The highest BCUT2D eigenvalue weighted by Gasteiger charge is 2.26. The number of carbonyl (C=O) groups excluding carboxylic acids is 1. The molecule has 0 atom stereocenters. The Kier molecular flexibility index (Phi) is 3.21. The van der Waals surface area contributed by atoms with Crippen molar-refractivity contribution in [2.75, 3.05) is 11.9 Å². The zero-order valence-corrected chi connectivity index (χ0v) is 11.1. The Labute approximate surface area is 117 Å². The maximum absolute atomic E-state index is 11.9. The van der Waals surface area contributed by atoms with Crippen molar-refractivity contribution in [1.29, 1.82) is 0 Å². The predicted octanol–water partition coefficient (Wildman–Crippen LogP) is 3.08. The molecule has 2 aromatic rings. The molecule has 0 fully saturated rings. The fourth-order valence-electron chi connectivity index (χ4n) is 2.14. The van der Waals surface area contributed by atoms with Crippen molar-refractivity contribution in [2.24, 2.45) is 0 Å². The number of hydrogen-bond acceptors (Lipinski definition) is 3. The number of nitrogens with one attached hydrogen (secondary N) is 1. The van der Waals surface area contributed by atoms with E-state index < -0.39 is 0 Å². The summed E-state index contributed by atoms with van der Waals surface area (Å²) in [5.74, 6) is 0.409. The second-order valence-electron chi connectivity index (χ2n) is 4.43. The van der Waals surface area contributed by atoms with Crippen molar-refractivity contribution in [3.8, 4) is 11.1 Å². The number of carbonyl (C=O) groups is 1. The average molecular weight is 266 g/mol. The topological polar surface area (TPSA) is 51.2 Å². The van der Waals surface area contributed by atoms with Gasteiger partial charge in [-0.3, -0.25) is 4.79 Å². The van der Waals surface area contributed by atoms with Crippen molar-refractivity contribution in [3.05, 3.63) is 54.4 Å². The van der Waals surface area contributed by atoms with Gasteiger partial charge in [-0.15, -0.1) is 0 Å². The van der Waals surface area contributed by atoms with Crippen LogP contribution in [0.25, 0.3) is 16.7 Å². The third-order valence-corrected chi connectivity index (χ3v) is 3.13. The number of benzene rings is 1. The van der Waals surface area contributed by atoms with Crippen molar-refractivity contribution in [1.82, 2.24) is 4.98 Å². The van der Waals surface area contributed by atoms with Crippen LogP contribution in [0.3, 0.4) is 0 Å². The maximum atomic E-state index is 11.9. The van der Waals surface area contributed by atoms with E-state index in [0.29, 0.717) is 18.0 Å². The molecule has 1 aliphatic rings. The lowest BCUT2D eigenvalue weighted by molar-refractivity contribution is -0.110. The van der Waals surface area contributed by atoms with Crippen LogP contribution in [0.5, 0.6) is 0 Å². The van der Waals surface area contributed by atoms with Crippen molar-refractivity contribution in [3.63, 3.8) is 0 Å². The number of nitrogens with zero attached hydrogens (tertiary/aromatic N) is 1. The number of aromatic nitrogens is 1. The SMILES string of the molecule is CCOC=C1C(=O)Nc2ncc(-c3ccccc3)cc21. The van der Waals surface area contributed by atoms with Crippen LogP contribution in [0.15, 0.2) is 48.9 Å². The molecule has 0 saturated heterocycles. The first-order chi connectivity index (χ1) is 9.79. The molecule has 1 aromatic heterocycles. The monoisotopic (exact) mass is 266 g/mol. The van der Waals surface area contributed by atoms with Gasteiger partial charge in [0.1, 0.15) is 5.82 Å². The quantitative estimate of drug-likeness (QED) is 0.686. The van der Waals surface area contributed by atoms with Crippen LogP contribution in [0, 0.1) is 0 Å². The van der Waals surface area contributed by atoms with Crippen molar-refractivity contribution < 1.29 is 9.53 Å². The number of ether oxygens (including phenoxy) is 1. The molecule has 100 valence electrons. The van der Waals surface area contributed by atoms with Gasteiger partial charge in [-0.1, -0.05) is 30.3 Å². The third-order valence-electron chi connectivity index (χ3n) is 3.13. The molecular weight excluding hydrogens is 252 g/mol. The molecule has 1 amide bonds. The highest BCUT2D eigenvalue weighted by molar-refractivity contribution is 6.31. The molecular formula is C16H14N2O2. The van der Waals surface area contributed by atoms with Gasteiger partial charge in [0.05, 0.1) is 18.4 Å². The molecule has 0 bridgehead atoms. The fourth-order valence-corrected chi connectivity index (χ4v) is 2.14. The van der Waals surface area contributed by atoms with Crippen LogP contribution in [-0.2, 0) is 9.53 Å². The molecule has 1 aliphatic heterocycles. The molecule has 0 radical (unpaired) electrons. The summed E-state index contributed by atoms with van der Waals surface area (Å²) < 4.78 is 5.24. The highest BCUT2D eigenvalue weighted by atomic mass is 16.5. The van der Waals surface area contributed by atoms with Crippen LogP contribution >= 0.6 is 0 Å². The number of rotatable bonds is 3. The van der Waals surface area contributed by atoms with Crippen LogP contribution in [-0.4, -0.2) is 17.5 Å².